The molecule has 0 saturated heterocycles. The first kappa shape index (κ1) is 60.0. The van der Waals surface area contributed by atoms with Crippen LogP contribution in [0.2, 0.25) is 0 Å². The lowest BCUT2D eigenvalue weighted by Crippen LogP contribution is -2.37. The number of esters is 2. The second kappa shape index (κ2) is 44.2. The highest BCUT2D eigenvalue weighted by Crippen LogP contribution is 2.38. The van der Waals surface area contributed by atoms with Gasteiger partial charge in [-0.2, -0.15) is 0 Å². The van der Waals surface area contributed by atoms with Crippen molar-refractivity contribution in [2.45, 2.75) is 225 Å². The van der Waals surface area contributed by atoms with Crippen LogP contribution in [0, 0.1) is 0 Å². The van der Waals surface area contributed by atoms with Crippen molar-refractivity contribution in [1.82, 2.24) is 0 Å². The van der Waals surface area contributed by atoms with Crippen LogP contribution in [-0.4, -0.2) is 70.0 Å². The first-order valence-corrected chi connectivity index (χ1v) is 26.8. The highest BCUT2D eigenvalue weighted by molar-refractivity contribution is 7.45. The summed E-state index contributed by atoms with van der Waals surface area (Å²) in [6.45, 7) is 4.11. The molecule has 62 heavy (non-hydrogen) atoms. The summed E-state index contributed by atoms with van der Waals surface area (Å²) < 4.78 is 34.0. The van der Waals surface area contributed by atoms with Gasteiger partial charge in [-0.15, -0.1) is 0 Å². The summed E-state index contributed by atoms with van der Waals surface area (Å²) in [5, 5.41) is 0. The van der Waals surface area contributed by atoms with Gasteiger partial charge >= 0.3 is 11.9 Å². The SMILES string of the molecule is CC/C=C\C/C=C\C/C=C\C/C=C\CCCCCCC(=O)O[C@H](COC(=O)CCCCCCCCCCCCCCCCCCCCCCC)COP(=O)([O-])OCC[N+](C)(C)C. The molecule has 0 radical (unpaired) electrons. The van der Waals surface area contributed by atoms with E-state index in [1.54, 1.807) is 0 Å². The van der Waals surface area contributed by atoms with Gasteiger partial charge in [0, 0.05) is 12.8 Å². The number of rotatable bonds is 46. The van der Waals surface area contributed by atoms with E-state index < -0.39 is 26.5 Å². The van der Waals surface area contributed by atoms with Crippen LogP contribution >= 0.6 is 7.82 Å². The van der Waals surface area contributed by atoms with E-state index in [2.05, 4.69) is 62.5 Å². The Morgan fingerprint density at radius 2 is 0.919 bits per heavy atom. The Kier molecular flexibility index (Phi) is 42.7. The zero-order valence-corrected chi connectivity index (χ0v) is 41.7. The van der Waals surface area contributed by atoms with Gasteiger partial charge in [0.15, 0.2) is 6.10 Å². The molecule has 0 aliphatic carbocycles. The molecule has 0 saturated carbocycles. The topological polar surface area (TPSA) is 111 Å². The fraction of sp³-hybridized carbons (Fsp3) is 0.808. The molecule has 0 aromatic carbocycles. The van der Waals surface area contributed by atoms with Gasteiger partial charge in [0.05, 0.1) is 27.7 Å². The molecule has 0 N–H and O–H groups in total. The van der Waals surface area contributed by atoms with Gasteiger partial charge < -0.3 is 27.9 Å². The predicted octanol–water partition coefficient (Wildman–Crippen LogP) is 14.4. The zero-order valence-electron chi connectivity index (χ0n) is 40.8. The van der Waals surface area contributed by atoms with Crippen LogP contribution in [0.4, 0.5) is 0 Å². The van der Waals surface area contributed by atoms with E-state index >= 15 is 0 Å². The van der Waals surface area contributed by atoms with Crippen LogP contribution in [0.3, 0.4) is 0 Å². The number of carbonyl (C=O) groups excluding carboxylic acids is 2. The van der Waals surface area contributed by atoms with Crippen molar-refractivity contribution < 1.29 is 42.1 Å². The van der Waals surface area contributed by atoms with Gasteiger partial charge in [-0.25, -0.2) is 0 Å². The first-order chi connectivity index (χ1) is 30.0. The number of allylic oxidation sites excluding steroid dienone is 8. The molecule has 9 nitrogen and oxygen atoms in total. The summed E-state index contributed by atoms with van der Waals surface area (Å²) >= 11 is 0. The van der Waals surface area contributed by atoms with Gasteiger partial charge in [-0.1, -0.05) is 204 Å². The summed E-state index contributed by atoms with van der Waals surface area (Å²) in [6.07, 6.45) is 52.9. The molecule has 362 valence electrons. The Morgan fingerprint density at radius 3 is 1.37 bits per heavy atom. The number of carbonyl (C=O) groups is 2. The fourth-order valence-electron chi connectivity index (χ4n) is 6.94. The molecular formula is C52H96NO8P. The minimum absolute atomic E-state index is 0.0362. The van der Waals surface area contributed by atoms with E-state index in [9.17, 15) is 19.0 Å². The molecule has 0 heterocycles. The molecule has 0 aliphatic heterocycles. The fourth-order valence-corrected chi connectivity index (χ4v) is 7.67. The maximum Gasteiger partial charge on any atom is 0.306 e. The van der Waals surface area contributed by atoms with Crippen molar-refractivity contribution >= 4 is 19.8 Å². The number of hydrogen-bond donors (Lipinski definition) is 0. The molecule has 0 amide bonds. The van der Waals surface area contributed by atoms with Crippen molar-refractivity contribution in [3.63, 3.8) is 0 Å². The highest BCUT2D eigenvalue weighted by Gasteiger charge is 2.21. The molecule has 0 spiro atoms. The molecule has 0 rings (SSSR count). The largest absolute Gasteiger partial charge is 0.756 e. The first-order valence-electron chi connectivity index (χ1n) is 25.3. The Bertz CT molecular complexity index is 1190. The highest BCUT2D eigenvalue weighted by atomic mass is 31.2. The number of hydrogen-bond acceptors (Lipinski definition) is 8. The molecule has 0 bridgehead atoms. The number of ether oxygens (including phenoxy) is 2. The maximum absolute atomic E-state index is 12.7. The quantitative estimate of drug-likeness (QED) is 0.0195. The summed E-state index contributed by atoms with van der Waals surface area (Å²) in [6, 6.07) is 0. The Labute approximate surface area is 382 Å². The van der Waals surface area contributed by atoms with Gasteiger partial charge in [0.1, 0.15) is 19.8 Å². The summed E-state index contributed by atoms with van der Waals surface area (Å²) in [7, 11) is 1.15. The van der Waals surface area contributed by atoms with E-state index in [4.69, 9.17) is 18.5 Å². The van der Waals surface area contributed by atoms with Crippen molar-refractivity contribution in [3.05, 3.63) is 48.6 Å². The minimum Gasteiger partial charge on any atom is -0.756 e. The maximum atomic E-state index is 12.7. The molecule has 0 aromatic heterocycles. The van der Waals surface area contributed by atoms with Gasteiger partial charge in [0.2, 0.25) is 0 Å². The third-order valence-electron chi connectivity index (χ3n) is 10.9. The molecule has 1 unspecified atom stereocenters. The third kappa shape index (κ3) is 47.4. The van der Waals surface area contributed by atoms with Crippen LogP contribution < -0.4 is 4.89 Å². The van der Waals surface area contributed by atoms with Crippen LogP contribution in [0.25, 0.3) is 0 Å². The van der Waals surface area contributed by atoms with Crippen LogP contribution in [0.1, 0.15) is 219 Å². The van der Waals surface area contributed by atoms with E-state index in [-0.39, 0.29) is 32.0 Å². The molecular weight excluding hydrogens is 798 g/mol. The molecule has 10 heteroatoms. The van der Waals surface area contributed by atoms with Gasteiger partial charge in [-0.3, -0.25) is 14.2 Å². The van der Waals surface area contributed by atoms with Crippen LogP contribution in [0.5, 0.6) is 0 Å². The molecule has 0 aromatic rings. The second-order valence-electron chi connectivity index (χ2n) is 18.2. The summed E-state index contributed by atoms with van der Waals surface area (Å²) in [5.74, 6) is -0.855. The van der Waals surface area contributed by atoms with Crippen LogP contribution in [-0.2, 0) is 32.7 Å². The predicted molar refractivity (Wildman–Crippen MR) is 259 cm³/mol. The standard InChI is InChI=1S/C52H96NO8P/c1-6-8-10-12-14-16-18-20-22-24-25-26-27-29-30-32-34-36-38-40-42-44-51(54)58-48-50(49-60-62(56,57)59-47-46-53(3,4)5)61-52(55)45-43-41-39-37-35-33-31-28-23-21-19-17-15-13-11-9-7-2/h9,11,15,17,21,23,31,33,50H,6-8,10,12-14,16,18-20,22,24-30,32,34-49H2,1-5H3/b11-9-,17-15-,23-21-,33-31-/t50-/m1/s1. The lowest BCUT2D eigenvalue weighted by Gasteiger charge is -2.28. The number of likely N-dealkylation sites (N-methyl/N-ethyl adjacent to an activating group) is 1. The normalized spacial score (nSPS) is 13.8. The van der Waals surface area contributed by atoms with E-state index in [1.165, 1.54) is 116 Å². The average Bonchev–Trinajstić information content (AvgIpc) is 3.23. The average molecular weight is 894 g/mol. The monoisotopic (exact) mass is 894 g/mol. The number of phosphoric ester groups is 1. The number of phosphoric acid groups is 1. The van der Waals surface area contributed by atoms with Gasteiger partial charge in [-0.05, 0) is 51.4 Å². The van der Waals surface area contributed by atoms with Crippen molar-refractivity contribution in [3.8, 4) is 0 Å². The summed E-state index contributed by atoms with van der Waals surface area (Å²) in [5.41, 5.74) is 0. The Balaban J connectivity index is 4.26. The van der Waals surface area contributed by atoms with Crippen LogP contribution in [0.15, 0.2) is 48.6 Å². The zero-order chi connectivity index (χ0) is 45.7. The Morgan fingerprint density at radius 1 is 0.516 bits per heavy atom. The number of unbranched alkanes of at least 4 members (excludes halogenated alkanes) is 24. The van der Waals surface area contributed by atoms with Crippen molar-refractivity contribution in [2.75, 3.05) is 47.5 Å². The smallest absolute Gasteiger partial charge is 0.306 e. The summed E-state index contributed by atoms with van der Waals surface area (Å²) in [4.78, 5) is 37.7. The lowest BCUT2D eigenvalue weighted by molar-refractivity contribution is -0.870. The van der Waals surface area contributed by atoms with E-state index in [0.29, 0.717) is 17.4 Å². The number of nitrogens with zero attached hydrogens (tertiary/aromatic N) is 1. The number of quaternary nitrogens is 1. The Hall–Kier alpha value is -2.03. The van der Waals surface area contributed by atoms with Crippen molar-refractivity contribution in [2.24, 2.45) is 0 Å². The van der Waals surface area contributed by atoms with Gasteiger partial charge in [0.25, 0.3) is 7.82 Å². The second-order valence-corrected chi connectivity index (χ2v) is 19.6. The van der Waals surface area contributed by atoms with Crippen molar-refractivity contribution in [1.29, 1.82) is 0 Å². The minimum atomic E-state index is -4.64. The van der Waals surface area contributed by atoms with E-state index in [0.717, 1.165) is 70.6 Å². The molecule has 2 atom stereocenters. The lowest BCUT2D eigenvalue weighted by atomic mass is 10.0. The third-order valence-corrected chi connectivity index (χ3v) is 11.8. The molecule has 0 aliphatic rings. The van der Waals surface area contributed by atoms with E-state index in [1.807, 2.05) is 21.1 Å². The molecule has 0 fully saturated rings.